The molecule has 3 aromatic rings. The molecule has 0 spiro atoms. The van der Waals surface area contributed by atoms with Crippen molar-refractivity contribution < 1.29 is 9.59 Å². The number of hydrogen-bond donors (Lipinski definition) is 2. The number of anilines is 1. The molecule has 2 aromatic carbocycles. The van der Waals surface area contributed by atoms with E-state index < -0.39 is 0 Å². The zero-order chi connectivity index (χ0) is 23.1. The number of nitrogens with one attached hydrogen (secondary N) is 2. The number of amides is 2. The van der Waals surface area contributed by atoms with Crippen molar-refractivity contribution in [2.24, 2.45) is 0 Å². The van der Waals surface area contributed by atoms with Crippen LogP contribution in [0.5, 0.6) is 0 Å². The minimum atomic E-state index is -0.295. The number of carbonyl (C=O) groups excluding carboxylic acids is 2. The quantitative estimate of drug-likeness (QED) is 0.382. The standard InChI is InChI=1S/C24H28N4O3S/c1-4-5-13-28-23(31)18-11-6-7-12-19(18)26-24(28)32-15-21(30)25-14-20(29)27-22-16(2)9-8-10-17(22)3/h6-12H,4-5,13-15H2,1-3H3,(H,25,30)(H,27,29). The second kappa shape index (κ2) is 10.9. The molecule has 1 heterocycles. The fraction of sp³-hybridized carbons (Fsp3) is 0.333. The van der Waals surface area contributed by atoms with Gasteiger partial charge in [-0.2, -0.15) is 0 Å². The Hall–Kier alpha value is -3.13. The Bertz CT molecular complexity index is 1170. The van der Waals surface area contributed by atoms with Gasteiger partial charge < -0.3 is 10.6 Å². The molecule has 3 rings (SSSR count). The number of fused-ring (bicyclic) bond motifs is 1. The van der Waals surface area contributed by atoms with Crippen molar-refractivity contribution in [1.82, 2.24) is 14.9 Å². The summed E-state index contributed by atoms with van der Waals surface area (Å²) in [7, 11) is 0. The first-order chi connectivity index (χ1) is 15.4. The molecular formula is C24H28N4O3S. The molecule has 8 heteroatoms. The fourth-order valence-corrected chi connectivity index (χ4v) is 4.18. The van der Waals surface area contributed by atoms with E-state index in [1.807, 2.05) is 44.2 Å². The number of thioether (sulfide) groups is 1. The van der Waals surface area contributed by atoms with E-state index in [2.05, 4.69) is 22.5 Å². The van der Waals surface area contributed by atoms with Crippen molar-refractivity contribution >= 4 is 40.2 Å². The highest BCUT2D eigenvalue weighted by Crippen LogP contribution is 2.20. The van der Waals surface area contributed by atoms with Gasteiger partial charge in [-0.15, -0.1) is 0 Å². The van der Waals surface area contributed by atoms with Crippen LogP contribution in [-0.4, -0.2) is 33.7 Å². The van der Waals surface area contributed by atoms with Crippen LogP contribution in [0, 0.1) is 13.8 Å². The van der Waals surface area contributed by atoms with Crippen LogP contribution in [-0.2, 0) is 16.1 Å². The number of carbonyl (C=O) groups is 2. The summed E-state index contributed by atoms with van der Waals surface area (Å²) in [6, 6.07) is 13.0. The maximum Gasteiger partial charge on any atom is 0.262 e. The summed E-state index contributed by atoms with van der Waals surface area (Å²) >= 11 is 1.20. The van der Waals surface area contributed by atoms with Gasteiger partial charge in [-0.3, -0.25) is 19.0 Å². The highest BCUT2D eigenvalue weighted by molar-refractivity contribution is 7.99. The Kier molecular flexibility index (Phi) is 8.05. The Morgan fingerprint density at radius 1 is 1.03 bits per heavy atom. The molecule has 0 aliphatic carbocycles. The van der Waals surface area contributed by atoms with Crippen LogP contribution in [0.15, 0.2) is 52.4 Å². The first-order valence-corrected chi connectivity index (χ1v) is 11.6. The van der Waals surface area contributed by atoms with Gasteiger partial charge in [0.2, 0.25) is 11.8 Å². The SMILES string of the molecule is CCCCn1c(SCC(=O)NCC(=O)Nc2c(C)cccc2C)nc2ccccc2c1=O. The van der Waals surface area contributed by atoms with Crippen molar-refractivity contribution in [2.45, 2.75) is 45.3 Å². The summed E-state index contributed by atoms with van der Waals surface area (Å²) in [6.45, 7) is 6.33. The lowest BCUT2D eigenvalue weighted by Crippen LogP contribution is -2.34. The first-order valence-electron chi connectivity index (χ1n) is 10.7. The lowest BCUT2D eigenvalue weighted by Gasteiger charge is -2.13. The number of benzene rings is 2. The average Bonchev–Trinajstić information content (AvgIpc) is 2.78. The first kappa shape index (κ1) is 23.5. The van der Waals surface area contributed by atoms with E-state index in [4.69, 9.17) is 0 Å². The largest absolute Gasteiger partial charge is 0.346 e. The second-order valence-corrected chi connectivity index (χ2v) is 8.54. The zero-order valence-corrected chi connectivity index (χ0v) is 19.4. The lowest BCUT2D eigenvalue weighted by atomic mass is 10.1. The molecule has 0 saturated carbocycles. The van der Waals surface area contributed by atoms with Crippen LogP contribution in [0.4, 0.5) is 5.69 Å². The summed E-state index contributed by atoms with van der Waals surface area (Å²) < 4.78 is 1.64. The highest BCUT2D eigenvalue weighted by atomic mass is 32.2. The molecule has 7 nitrogen and oxygen atoms in total. The van der Waals surface area contributed by atoms with Gasteiger partial charge in [0, 0.05) is 12.2 Å². The number of hydrogen-bond acceptors (Lipinski definition) is 5. The Morgan fingerprint density at radius 2 is 1.75 bits per heavy atom. The zero-order valence-electron chi connectivity index (χ0n) is 18.6. The Balaban J connectivity index is 1.63. The average molecular weight is 453 g/mol. The highest BCUT2D eigenvalue weighted by Gasteiger charge is 2.14. The minimum absolute atomic E-state index is 0.0631. The van der Waals surface area contributed by atoms with Crippen LogP contribution in [0.3, 0.4) is 0 Å². The van der Waals surface area contributed by atoms with Gasteiger partial charge in [0.1, 0.15) is 0 Å². The van der Waals surface area contributed by atoms with E-state index in [-0.39, 0.29) is 29.7 Å². The van der Waals surface area contributed by atoms with Crippen LogP contribution in [0.1, 0.15) is 30.9 Å². The van der Waals surface area contributed by atoms with Crippen molar-refractivity contribution in [1.29, 1.82) is 0 Å². The molecule has 2 amide bonds. The van der Waals surface area contributed by atoms with E-state index in [1.54, 1.807) is 16.7 Å². The molecule has 0 aliphatic rings. The smallest absolute Gasteiger partial charge is 0.262 e. The van der Waals surface area contributed by atoms with Crippen molar-refractivity contribution in [3.05, 3.63) is 63.9 Å². The molecule has 0 unspecified atom stereocenters. The molecule has 32 heavy (non-hydrogen) atoms. The monoisotopic (exact) mass is 452 g/mol. The second-order valence-electron chi connectivity index (χ2n) is 7.60. The Labute approximate surface area is 191 Å². The van der Waals surface area contributed by atoms with Crippen LogP contribution in [0.2, 0.25) is 0 Å². The van der Waals surface area contributed by atoms with Crippen molar-refractivity contribution in [2.75, 3.05) is 17.6 Å². The maximum absolute atomic E-state index is 12.9. The Morgan fingerprint density at radius 3 is 2.47 bits per heavy atom. The molecule has 168 valence electrons. The van der Waals surface area contributed by atoms with Gasteiger partial charge in [-0.05, 0) is 43.5 Å². The van der Waals surface area contributed by atoms with E-state index in [0.717, 1.165) is 29.7 Å². The predicted molar refractivity (Wildman–Crippen MR) is 129 cm³/mol. The van der Waals surface area contributed by atoms with Crippen LogP contribution < -0.4 is 16.2 Å². The summed E-state index contributed by atoms with van der Waals surface area (Å²) in [6.07, 6.45) is 1.79. The van der Waals surface area contributed by atoms with Crippen LogP contribution >= 0.6 is 11.8 Å². The number of rotatable bonds is 9. The molecule has 0 aliphatic heterocycles. The summed E-state index contributed by atoms with van der Waals surface area (Å²) in [4.78, 5) is 42.1. The van der Waals surface area contributed by atoms with Gasteiger partial charge in [0.05, 0.1) is 23.2 Å². The number of nitrogens with zero attached hydrogens (tertiary/aromatic N) is 2. The van der Waals surface area contributed by atoms with Gasteiger partial charge in [-0.1, -0.05) is 55.4 Å². The van der Waals surface area contributed by atoms with E-state index in [0.29, 0.717) is 22.6 Å². The lowest BCUT2D eigenvalue weighted by molar-refractivity contribution is -0.122. The molecule has 0 fully saturated rings. The maximum atomic E-state index is 12.9. The minimum Gasteiger partial charge on any atom is -0.346 e. The van der Waals surface area contributed by atoms with Gasteiger partial charge in [0.25, 0.3) is 5.56 Å². The predicted octanol–water partition coefficient (Wildman–Crippen LogP) is 3.66. The molecule has 0 bridgehead atoms. The third-order valence-corrected chi connectivity index (χ3v) is 6.06. The summed E-state index contributed by atoms with van der Waals surface area (Å²) in [5.41, 5.74) is 3.21. The van der Waals surface area contributed by atoms with E-state index >= 15 is 0 Å². The molecule has 0 saturated heterocycles. The molecule has 0 radical (unpaired) electrons. The third-order valence-electron chi connectivity index (χ3n) is 5.09. The number of unbranched alkanes of at least 4 members (excludes halogenated alkanes) is 1. The van der Waals surface area contributed by atoms with Gasteiger partial charge in [0.15, 0.2) is 5.16 Å². The molecule has 0 atom stereocenters. The number of aryl methyl sites for hydroxylation is 2. The summed E-state index contributed by atoms with van der Waals surface area (Å²) in [5, 5.41) is 6.57. The topological polar surface area (TPSA) is 93.1 Å². The molecular weight excluding hydrogens is 424 g/mol. The van der Waals surface area contributed by atoms with Gasteiger partial charge in [-0.25, -0.2) is 4.98 Å². The third kappa shape index (κ3) is 5.76. The van der Waals surface area contributed by atoms with Gasteiger partial charge >= 0.3 is 0 Å². The molecule has 2 N–H and O–H groups in total. The molecule has 1 aromatic heterocycles. The fourth-order valence-electron chi connectivity index (χ4n) is 3.33. The van der Waals surface area contributed by atoms with E-state index in [9.17, 15) is 14.4 Å². The number of para-hydroxylation sites is 2. The normalized spacial score (nSPS) is 10.8. The van der Waals surface area contributed by atoms with Crippen molar-refractivity contribution in [3.8, 4) is 0 Å². The number of aromatic nitrogens is 2. The van der Waals surface area contributed by atoms with E-state index in [1.165, 1.54) is 11.8 Å². The van der Waals surface area contributed by atoms with Crippen LogP contribution in [0.25, 0.3) is 10.9 Å². The summed E-state index contributed by atoms with van der Waals surface area (Å²) in [5.74, 6) is -0.520. The van der Waals surface area contributed by atoms with Crippen molar-refractivity contribution in [3.63, 3.8) is 0 Å².